The molecule has 6 heteroatoms. The first-order valence-corrected chi connectivity index (χ1v) is 7.33. The average molecular weight is 302 g/mol. The summed E-state index contributed by atoms with van der Waals surface area (Å²) >= 11 is 0. The Morgan fingerprint density at radius 2 is 1.33 bits per heavy atom. The molecule has 122 valence electrons. The molecule has 0 bridgehead atoms. The SMILES string of the molecule is CC(=O)OCC[C@@H]1OC(C)(C)O[C@H](CCOC(C)=O)C1C. The normalized spacial score (nSPS) is 28.0. The monoisotopic (exact) mass is 302 g/mol. The maximum Gasteiger partial charge on any atom is 0.302 e. The molecule has 0 aliphatic carbocycles. The van der Waals surface area contributed by atoms with E-state index in [1.807, 2.05) is 20.8 Å². The van der Waals surface area contributed by atoms with Crippen LogP contribution in [0.4, 0.5) is 0 Å². The van der Waals surface area contributed by atoms with Crippen molar-refractivity contribution in [2.24, 2.45) is 5.92 Å². The van der Waals surface area contributed by atoms with Gasteiger partial charge >= 0.3 is 11.9 Å². The molecule has 0 aromatic carbocycles. The Bertz CT molecular complexity index is 333. The van der Waals surface area contributed by atoms with Crippen molar-refractivity contribution in [3.05, 3.63) is 0 Å². The molecule has 3 atom stereocenters. The summed E-state index contributed by atoms with van der Waals surface area (Å²) in [5, 5.41) is 0. The Morgan fingerprint density at radius 1 is 0.952 bits per heavy atom. The van der Waals surface area contributed by atoms with E-state index in [0.717, 1.165) is 0 Å². The molecular weight excluding hydrogens is 276 g/mol. The van der Waals surface area contributed by atoms with E-state index in [-0.39, 0.29) is 30.1 Å². The molecule has 0 saturated carbocycles. The highest BCUT2D eigenvalue weighted by atomic mass is 16.7. The van der Waals surface area contributed by atoms with Gasteiger partial charge in [-0.05, 0) is 13.8 Å². The van der Waals surface area contributed by atoms with Crippen LogP contribution in [0.15, 0.2) is 0 Å². The Labute approximate surface area is 126 Å². The third-order valence-electron chi connectivity index (χ3n) is 3.46. The summed E-state index contributed by atoms with van der Waals surface area (Å²) in [5.74, 6) is -1.15. The zero-order valence-corrected chi connectivity index (χ0v) is 13.5. The van der Waals surface area contributed by atoms with Crippen molar-refractivity contribution in [2.45, 2.75) is 65.5 Å². The molecular formula is C15H26O6. The molecule has 0 amide bonds. The van der Waals surface area contributed by atoms with Crippen LogP contribution in [0.3, 0.4) is 0 Å². The largest absolute Gasteiger partial charge is 0.466 e. The Morgan fingerprint density at radius 3 is 1.67 bits per heavy atom. The Balaban J connectivity index is 2.54. The molecule has 1 aliphatic heterocycles. The summed E-state index contributed by atoms with van der Waals surface area (Å²) in [4.78, 5) is 21.7. The second kappa shape index (κ2) is 7.75. The fourth-order valence-corrected chi connectivity index (χ4v) is 2.49. The van der Waals surface area contributed by atoms with Gasteiger partial charge in [0.15, 0.2) is 5.79 Å². The third kappa shape index (κ3) is 6.44. The van der Waals surface area contributed by atoms with Gasteiger partial charge in [0.1, 0.15) is 0 Å². The molecule has 0 radical (unpaired) electrons. The van der Waals surface area contributed by atoms with E-state index in [1.165, 1.54) is 13.8 Å². The number of hydrogen-bond acceptors (Lipinski definition) is 6. The quantitative estimate of drug-likeness (QED) is 0.699. The summed E-state index contributed by atoms with van der Waals surface area (Å²) < 4.78 is 21.8. The maximum atomic E-state index is 10.8. The fraction of sp³-hybridized carbons (Fsp3) is 0.867. The lowest BCUT2D eigenvalue weighted by molar-refractivity contribution is -0.321. The minimum atomic E-state index is -0.700. The van der Waals surface area contributed by atoms with E-state index in [9.17, 15) is 9.59 Å². The highest BCUT2D eigenvalue weighted by Crippen LogP contribution is 2.34. The van der Waals surface area contributed by atoms with Crippen molar-refractivity contribution < 1.29 is 28.5 Å². The van der Waals surface area contributed by atoms with Gasteiger partial charge in [-0.2, -0.15) is 0 Å². The van der Waals surface area contributed by atoms with Crippen molar-refractivity contribution in [3.8, 4) is 0 Å². The maximum absolute atomic E-state index is 10.8. The summed E-state index contributed by atoms with van der Waals surface area (Å²) in [7, 11) is 0. The Hall–Kier alpha value is -1.14. The molecule has 0 aromatic rings. The highest BCUT2D eigenvalue weighted by molar-refractivity contribution is 5.66. The van der Waals surface area contributed by atoms with Gasteiger partial charge in [0.2, 0.25) is 0 Å². The summed E-state index contributed by atoms with van der Waals surface area (Å²) in [6.07, 6.45) is 1.13. The van der Waals surface area contributed by atoms with Crippen LogP contribution < -0.4 is 0 Å². The van der Waals surface area contributed by atoms with Crippen molar-refractivity contribution in [1.82, 2.24) is 0 Å². The number of hydrogen-bond donors (Lipinski definition) is 0. The molecule has 6 nitrogen and oxygen atoms in total. The fourth-order valence-electron chi connectivity index (χ4n) is 2.49. The number of esters is 2. The first-order chi connectivity index (χ1) is 9.71. The smallest absolute Gasteiger partial charge is 0.302 e. The summed E-state index contributed by atoms with van der Waals surface area (Å²) in [6, 6.07) is 0. The van der Waals surface area contributed by atoms with E-state index in [0.29, 0.717) is 26.1 Å². The van der Waals surface area contributed by atoms with Crippen molar-refractivity contribution in [2.75, 3.05) is 13.2 Å². The van der Waals surface area contributed by atoms with E-state index >= 15 is 0 Å². The van der Waals surface area contributed by atoms with Gasteiger partial charge in [0.05, 0.1) is 25.4 Å². The lowest BCUT2D eigenvalue weighted by Gasteiger charge is -2.45. The van der Waals surface area contributed by atoms with Gasteiger partial charge in [-0.3, -0.25) is 9.59 Å². The summed E-state index contributed by atoms with van der Waals surface area (Å²) in [5.41, 5.74) is 0. The minimum Gasteiger partial charge on any atom is -0.466 e. The van der Waals surface area contributed by atoms with Crippen LogP contribution in [-0.4, -0.2) is 43.1 Å². The molecule has 1 saturated heterocycles. The standard InChI is InChI=1S/C15H26O6/c1-10-13(6-8-18-11(2)16)20-15(4,5)21-14(10)7-9-19-12(3)17/h10,13-14H,6-9H2,1-5H3/t10?,13-,14+. The number of ether oxygens (including phenoxy) is 4. The molecule has 1 rings (SSSR count). The van der Waals surface area contributed by atoms with Gasteiger partial charge in [-0.1, -0.05) is 6.92 Å². The van der Waals surface area contributed by atoms with E-state index < -0.39 is 5.79 Å². The van der Waals surface area contributed by atoms with Gasteiger partial charge in [0, 0.05) is 32.6 Å². The van der Waals surface area contributed by atoms with E-state index in [2.05, 4.69) is 0 Å². The second-order valence-electron chi connectivity index (χ2n) is 5.83. The topological polar surface area (TPSA) is 71.1 Å². The molecule has 0 spiro atoms. The minimum absolute atomic E-state index is 0.0598. The van der Waals surface area contributed by atoms with Gasteiger partial charge in [0.25, 0.3) is 0 Å². The molecule has 0 N–H and O–H groups in total. The predicted molar refractivity (Wildman–Crippen MR) is 75.5 cm³/mol. The van der Waals surface area contributed by atoms with Crippen molar-refractivity contribution >= 4 is 11.9 Å². The molecule has 1 heterocycles. The van der Waals surface area contributed by atoms with Crippen LogP contribution in [0.1, 0.15) is 47.5 Å². The van der Waals surface area contributed by atoms with Crippen LogP contribution in [0, 0.1) is 5.92 Å². The zero-order valence-electron chi connectivity index (χ0n) is 13.5. The van der Waals surface area contributed by atoms with E-state index in [4.69, 9.17) is 18.9 Å². The molecule has 1 aliphatic rings. The third-order valence-corrected chi connectivity index (χ3v) is 3.46. The molecule has 0 aromatic heterocycles. The number of rotatable bonds is 6. The number of carbonyl (C=O) groups excluding carboxylic acids is 2. The lowest BCUT2D eigenvalue weighted by Crippen LogP contribution is -2.50. The zero-order chi connectivity index (χ0) is 16.0. The van der Waals surface area contributed by atoms with Crippen LogP contribution in [-0.2, 0) is 28.5 Å². The molecule has 1 fully saturated rings. The van der Waals surface area contributed by atoms with Gasteiger partial charge < -0.3 is 18.9 Å². The van der Waals surface area contributed by atoms with Crippen molar-refractivity contribution in [1.29, 1.82) is 0 Å². The van der Waals surface area contributed by atoms with Gasteiger partial charge in [-0.15, -0.1) is 0 Å². The lowest BCUT2D eigenvalue weighted by atomic mass is 9.91. The first-order valence-electron chi connectivity index (χ1n) is 7.33. The summed E-state index contributed by atoms with van der Waals surface area (Å²) in [6.45, 7) is 9.19. The van der Waals surface area contributed by atoms with Gasteiger partial charge in [-0.25, -0.2) is 0 Å². The second-order valence-corrected chi connectivity index (χ2v) is 5.83. The van der Waals surface area contributed by atoms with Crippen molar-refractivity contribution in [3.63, 3.8) is 0 Å². The van der Waals surface area contributed by atoms with E-state index in [1.54, 1.807) is 0 Å². The Kier molecular flexibility index (Phi) is 6.61. The molecule has 1 unspecified atom stereocenters. The average Bonchev–Trinajstić information content (AvgIpc) is 2.33. The first kappa shape index (κ1) is 17.9. The highest BCUT2D eigenvalue weighted by Gasteiger charge is 2.40. The van der Waals surface area contributed by atoms with Crippen LogP contribution in [0.5, 0.6) is 0 Å². The predicted octanol–water partition coefficient (Wildman–Crippen LogP) is 2.05. The van der Waals surface area contributed by atoms with Crippen LogP contribution in [0.25, 0.3) is 0 Å². The molecule has 21 heavy (non-hydrogen) atoms. The van der Waals surface area contributed by atoms with Crippen LogP contribution >= 0.6 is 0 Å². The van der Waals surface area contributed by atoms with Crippen LogP contribution in [0.2, 0.25) is 0 Å². The number of carbonyl (C=O) groups is 2.